The van der Waals surface area contributed by atoms with Crippen LogP contribution < -0.4 is 0 Å². The van der Waals surface area contributed by atoms with Gasteiger partial charge in [0.05, 0.1) is 0 Å². The number of rotatable bonds is 2. The van der Waals surface area contributed by atoms with Gasteiger partial charge in [-0.15, -0.1) is 0 Å². The van der Waals surface area contributed by atoms with Crippen molar-refractivity contribution in [3.63, 3.8) is 0 Å². The largest absolute Gasteiger partial charge is 0.289 e. The van der Waals surface area contributed by atoms with E-state index < -0.39 is 0 Å². The molecule has 0 saturated heterocycles. The van der Waals surface area contributed by atoms with Crippen molar-refractivity contribution in [1.29, 1.82) is 0 Å². The van der Waals surface area contributed by atoms with Gasteiger partial charge in [0, 0.05) is 44.5 Å². The molecule has 208 valence electrons. The second-order valence-corrected chi connectivity index (χ2v) is 10.6. The van der Waals surface area contributed by atoms with Crippen LogP contribution in [0.4, 0.5) is 0 Å². The molecule has 6 aromatic carbocycles. The zero-order valence-electron chi connectivity index (χ0n) is 23.5. The van der Waals surface area contributed by atoms with Crippen molar-refractivity contribution in [1.82, 2.24) is 0 Å². The van der Waals surface area contributed by atoms with Gasteiger partial charge >= 0.3 is 0 Å². The van der Waals surface area contributed by atoms with Gasteiger partial charge in [0.25, 0.3) is 0 Å². The fourth-order valence-electron chi connectivity index (χ4n) is 5.91. The maximum Gasteiger partial charge on any atom is 0.194 e. The normalized spacial score (nSPS) is 12.7. The number of carbonyl (C=O) groups is 4. The molecule has 0 amide bonds. The molecule has 4 heteroatoms. The summed E-state index contributed by atoms with van der Waals surface area (Å²) in [6.45, 7) is 0. The maximum absolute atomic E-state index is 13.1. The first kappa shape index (κ1) is 26.9. The number of ketones is 4. The van der Waals surface area contributed by atoms with Crippen molar-refractivity contribution in [2.75, 3.05) is 0 Å². The predicted octanol–water partition coefficient (Wildman–Crippen LogP) is 8.26. The molecule has 0 spiro atoms. The Bertz CT molecular complexity index is 1920. The molecule has 0 aliphatic heterocycles. The minimum absolute atomic E-state index is 0.0641. The van der Waals surface area contributed by atoms with E-state index >= 15 is 0 Å². The molecule has 0 N–H and O–H groups in total. The molecule has 0 fully saturated rings. The molecule has 44 heavy (non-hydrogen) atoms. The van der Waals surface area contributed by atoms with Crippen molar-refractivity contribution >= 4 is 23.1 Å². The van der Waals surface area contributed by atoms with Crippen LogP contribution in [0.1, 0.15) is 63.7 Å². The van der Waals surface area contributed by atoms with Gasteiger partial charge in [-0.3, -0.25) is 19.2 Å². The van der Waals surface area contributed by atoms with E-state index in [1.165, 1.54) is 0 Å². The fraction of sp³-hybridized carbons (Fsp3) is 0. The van der Waals surface area contributed by atoms with Crippen LogP contribution in [0.15, 0.2) is 146 Å². The summed E-state index contributed by atoms with van der Waals surface area (Å²) in [5.74, 6) is -0.319. The van der Waals surface area contributed by atoms with Crippen LogP contribution in [0, 0.1) is 0 Å². The van der Waals surface area contributed by atoms with Crippen molar-refractivity contribution in [2.45, 2.75) is 0 Å². The fourth-order valence-corrected chi connectivity index (χ4v) is 5.91. The molecule has 0 unspecified atom stereocenters. The topological polar surface area (TPSA) is 68.3 Å². The first-order valence-corrected chi connectivity index (χ1v) is 14.3. The minimum Gasteiger partial charge on any atom is -0.289 e. The lowest BCUT2D eigenvalue weighted by Crippen LogP contribution is -2.21. The Kier molecular flexibility index (Phi) is 6.72. The number of carbonyl (C=O) groups excluding carboxylic acids is 4. The number of hydrogen-bond donors (Lipinski definition) is 0. The smallest absolute Gasteiger partial charge is 0.194 e. The lowest BCUT2D eigenvalue weighted by molar-refractivity contribution is 0.0979. The highest BCUT2D eigenvalue weighted by Gasteiger charge is 2.31. The molecule has 0 aromatic heterocycles. The lowest BCUT2D eigenvalue weighted by atomic mass is 9.80. The molecule has 6 aromatic rings. The summed E-state index contributed by atoms with van der Waals surface area (Å²) >= 11 is 0. The third kappa shape index (κ3) is 4.50. The summed E-state index contributed by atoms with van der Waals surface area (Å²) in [4.78, 5) is 50.5. The van der Waals surface area contributed by atoms with Crippen molar-refractivity contribution in [3.05, 3.63) is 190 Å². The first-order valence-electron chi connectivity index (χ1n) is 14.3. The van der Waals surface area contributed by atoms with E-state index in [1.807, 2.05) is 72.8 Å². The zero-order chi connectivity index (χ0) is 30.2. The van der Waals surface area contributed by atoms with Crippen LogP contribution in [0.3, 0.4) is 0 Å². The Morgan fingerprint density at radius 2 is 0.455 bits per heavy atom. The van der Waals surface area contributed by atoms with Gasteiger partial charge < -0.3 is 0 Å². The number of hydrogen-bond acceptors (Lipinski definition) is 4. The summed E-state index contributed by atoms with van der Waals surface area (Å²) in [6, 6.07) is 44.7. The molecule has 8 rings (SSSR count). The highest BCUT2D eigenvalue weighted by Crippen LogP contribution is 2.38. The van der Waals surface area contributed by atoms with Crippen molar-refractivity contribution < 1.29 is 19.2 Å². The van der Waals surface area contributed by atoms with Gasteiger partial charge in [-0.1, -0.05) is 133 Å². The van der Waals surface area contributed by atoms with Crippen LogP contribution in [-0.4, -0.2) is 23.1 Å². The molecule has 2 aliphatic rings. The van der Waals surface area contributed by atoms with E-state index in [-0.39, 0.29) is 23.1 Å². The van der Waals surface area contributed by atoms with Gasteiger partial charge in [0.2, 0.25) is 0 Å². The van der Waals surface area contributed by atoms with E-state index in [1.54, 1.807) is 72.8 Å². The average Bonchev–Trinajstić information content (AvgIpc) is 3.10. The quantitative estimate of drug-likeness (QED) is 0.211. The number of fused-ring (bicyclic) bond motifs is 4. The number of benzene rings is 6. The molecule has 0 saturated carbocycles. The Labute approximate surface area is 254 Å². The van der Waals surface area contributed by atoms with Gasteiger partial charge in [0.1, 0.15) is 0 Å². The van der Waals surface area contributed by atoms with Crippen LogP contribution in [0.2, 0.25) is 0 Å². The zero-order valence-corrected chi connectivity index (χ0v) is 23.5. The molecule has 0 atom stereocenters. The summed E-state index contributed by atoms with van der Waals surface area (Å²) in [7, 11) is 0. The molecular weight excluding hydrogens is 544 g/mol. The van der Waals surface area contributed by atoms with E-state index in [2.05, 4.69) is 0 Å². The van der Waals surface area contributed by atoms with E-state index in [9.17, 15) is 19.2 Å². The Morgan fingerprint density at radius 3 is 0.727 bits per heavy atom. The van der Waals surface area contributed by atoms with Gasteiger partial charge in [-0.25, -0.2) is 0 Å². The van der Waals surface area contributed by atoms with Gasteiger partial charge in [-0.2, -0.15) is 0 Å². The Morgan fingerprint density at radius 1 is 0.227 bits per heavy atom. The van der Waals surface area contributed by atoms with Crippen LogP contribution in [0.5, 0.6) is 0 Å². The Hall–Kier alpha value is -6.00. The van der Waals surface area contributed by atoms with E-state index in [4.69, 9.17) is 0 Å². The van der Waals surface area contributed by atoms with Crippen molar-refractivity contribution in [3.8, 4) is 22.3 Å². The predicted molar refractivity (Wildman–Crippen MR) is 170 cm³/mol. The molecule has 2 aliphatic carbocycles. The highest BCUT2D eigenvalue weighted by atomic mass is 16.1. The third-order valence-corrected chi connectivity index (χ3v) is 8.07. The Balaban J connectivity index is 0.000000165. The molecule has 4 nitrogen and oxygen atoms in total. The average molecular weight is 569 g/mol. The summed E-state index contributed by atoms with van der Waals surface area (Å²) in [5, 5.41) is 0. The second kappa shape index (κ2) is 11.0. The molecule has 0 radical (unpaired) electrons. The van der Waals surface area contributed by atoms with Crippen LogP contribution >= 0.6 is 0 Å². The monoisotopic (exact) mass is 568 g/mol. The SMILES string of the molecule is O=C1c2ccccc2C(=O)c2cc(-c3ccccc3)c(-c3ccccc3)cc21.O=C1c2ccccc2C(=O)c2ccccc21. The van der Waals surface area contributed by atoms with Crippen LogP contribution in [0.25, 0.3) is 22.3 Å². The van der Waals surface area contributed by atoms with Crippen LogP contribution in [-0.2, 0) is 0 Å². The first-order chi connectivity index (χ1) is 21.5. The maximum atomic E-state index is 13.1. The summed E-state index contributed by atoms with van der Waals surface area (Å²) < 4.78 is 0. The van der Waals surface area contributed by atoms with Gasteiger partial charge in [0.15, 0.2) is 23.1 Å². The van der Waals surface area contributed by atoms with Gasteiger partial charge in [-0.05, 0) is 34.4 Å². The highest BCUT2D eigenvalue weighted by molar-refractivity contribution is 6.29. The second-order valence-electron chi connectivity index (χ2n) is 10.6. The standard InChI is InChI=1S/C26H16O2.C14H8O2/c27-25-19-13-7-8-14-20(19)26(28)24-16-22(18-11-5-2-6-12-18)21(15-23(24)25)17-9-3-1-4-10-17;15-13-9-5-1-2-6-10(9)14(16)12-8-4-3-7-11(12)13/h1-16H;1-8H. The summed E-state index contributed by atoms with van der Waals surface area (Å²) in [6.07, 6.45) is 0. The van der Waals surface area contributed by atoms with E-state index in [0.717, 1.165) is 22.3 Å². The minimum atomic E-state index is -0.0954. The molecule has 0 bridgehead atoms. The van der Waals surface area contributed by atoms with Crippen molar-refractivity contribution in [2.24, 2.45) is 0 Å². The lowest BCUT2D eigenvalue weighted by Gasteiger charge is -2.21. The molecule has 0 heterocycles. The third-order valence-electron chi connectivity index (χ3n) is 8.07. The summed E-state index contributed by atoms with van der Waals surface area (Å²) in [5.41, 5.74) is 7.86. The molecular formula is C40H24O4. The van der Waals surface area contributed by atoms with E-state index in [0.29, 0.717) is 44.5 Å².